The third-order valence-electron chi connectivity index (χ3n) is 2.49. The molecule has 0 spiro atoms. The molecule has 18 heavy (non-hydrogen) atoms. The first-order valence-corrected chi connectivity index (χ1v) is 7.86. The van der Waals surface area contributed by atoms with Crippen molar-refractivity contribution in [1.29, 1.82) is 0 Å². The minimum absolute atomic E-state index is 0.419. The molecule has 0 bridgehead atoms. The second-order valence-corrected chi connectivity index (χ2v) is 6.33. The largest absolute Gasteiger partial charge is 0.360 e. The van der Waals surface area contributed by atoms with Crippen LogP contribution in [0.1, 0.15) is 44.3 Å². The fourth-order valence-electron chi connectivity index (χ4n) is 1.61. The highest BCUT2D eigenvalue weighted by molar-refractivity contribution is 7.23. The quantitative estimate of drug-likeness (QED) is 0.906. The van der Waals surface area contributed by atoms with Crippen LogP contribution in [0.15, 0.2) is 0 Å². The van der Waals surface area contributed by atoms with Gasteiger partial charge in [-0.15, -0.1) is 21.5 Å². The molecule has 6 heteroatoms. The van der Waals surface area contributed by atoms with Crippen LogP contribution in [0.3, 0.4) is 0 Å². The van der Waals surface area contributed by atoms with Crippen LogP contribution < -0.4 is 5.32 Å². The van der Waals surface area contributed by atoms with Crippen LogP contribution in [0, 0.1) is 0 Å². The van der Waals surface area contributed by atoms with Crippen molar-refractivity contribution in [3.05, 3.63) is 10.7 Å². The minimum Gasteiger partial charge on any atom is -0.360 e. The Morgan fingerprint density at radius 1 is 1.17 bits per heavy atom. The SMILES string of the molecule is CCNc1nnc(-c2sc(CC)nc2C(C)C)s1. The molecule has 0 fully saturated rings. The predicted molar refractivity (Wildman–Crippen MR) is 78.6 cm³/mol. The molecule has 0 atom stereocenters. The van der Waals surface area contributed by atoms with E-state index in [9.17, 15) is 0 Å². The lowest BCUT2D eigenvalue weighted by Crippen LogP contribution is -1.94. The van der Waals surface area contributed by atoms with E-state index in [4.69, 9.17) is 4.98 Å². The molecule has 0 aromatic carbocycles. The monoisotopic (exact) mass is 282 g/mol. The number of thiazole rings is 1. The van der Waals surface area contributed by atoms with Gasteiger partial charge in [-0.3, -0.25) is 0 Å². The summed E-state index contributed by atoms with van der Waals surface area (Å²) in [5, 5.41) is 14.7. The van der Waals surface area contributed by atoms with Gasteiger partial charge in [0.1, 0.15) is 0 Å². The lowest BCUT2D eigenvalue weighted by atomic mass is 10.1. The van der Waals surface area contributed by atoms with Gasteiger partial charge < -0.3 is 5.32 Å². The van der Waals surface area contributed by atoms with E-state index in [0.29, 0.717) is 5.92 Å². The first kappa shape index (κ1) is 13.4. The third-order valence-corrected chi connectivity index (χ3v) is 4.74. The number of hydrogen-bond acceptors (Lipinski definition) is 6. The van der Waals surface area contributed by atoms with Gasteiger partial charge in [0, 0.05) is 6.54 Å². The number of anilines is 1. The van der Waals surface area contributed by atoms with Crippen molar-refractivity contribution in [2.45, 2.75) is 40.0 Å². The van der Waals surface area contributed by atoms with Crippen molar-refractivity contribution < 1.29 is 0 Å². The van der Waals surface area contributed by atoms with Gasteiger partial charge in [0.25, 0.3) is 0 Å². The van der Waals surface area contributed by atoms with Crippen molar-refractivity contribution in [3.8, 4) is 9.88 Å². The zero-order valence-electron chi connectivity index (χ0n) is 11.1. The van der Waals surface area contributed by atoms with Gasteiger partial charge in [0.05, 0.1) is 15.6 Å². The third kappa shape index (κ3) is 2.70. The van der Waals surface area contributed by atoms with Crippen LogP contribution in [-0.4, -0.2) is 21.7 Å². The van der Waals surface area contributed by atoms with Crippen LogP contribution in [0.2, 0.25) is 0 Å². The average molecular weight is 282 g/mol. The van der Waals surface area contributed by atoms with E-state index >= 15 is 0 Å². The molecule has 0 aliphatic rings. The minimum atomic E-state index is 0.419. The molecule has 98 valence electrons. The first-order valence-electron chi connectivity index (χ1n) is 6.23. The smallest absolute Gasteiger partial charge is 0.206 e. The summed E-state index contributed by atoms with van der Waals surface area (Å²) in [7, 11) is 0. The molecule has 0 saturated carbocycles. The zero-order chi connectivity index (χ0) is 13.1. The summed E-state index contributed by atoms with van der Waals surface area (Å²) in [6.07, 6.45) is 0.975. The fraction of sp³-hybridized carbons (Fsp3) is 0.583. The van der Waals surface area contributed by atoms with Gasteiger partial charge in [-0.1, -0.05) is 32.1 Å². The molecule has 4 nitrogen and oxygen atoms in total. The molecule has 0 unspecified atom stereocenters. The Balaban J connectivity index is 2.38. The summed E-state index contributed by atoms with van der Waals surface area (Å²) in [6, 6.07) is 0. The number of hydrogen-bond donors (Lipinski definition) is 1. The van der Waals surface area contributed by atoms with Gasteiger partial charge in [-0.2, -0.15) is 0 Å². The Labute approximate surface area is 116 Å². The lowest BCUT2D eigenvalue weighted by molar-refractivity contribution is 0.825. The van der Waals surface area contributed by atoms with E-state index in [1.165, 1.54) is 9.88 Å². The number of aromatic nitrogens is 3. The molecular formula is C12H18N4S2. The van der Waals surface area contributed by atoms with E-state index in [1.807, 2.05) is 0 Å². The highest BCUT2D eigenvalue weighted by Gasteiger charge is 2.18. The molecule has 2 aromatic heterocycles. The van der Waals surface area contributed by atoms with E-state index in [1.54, 1.807) is 22.7 Å². The van der Waals surface area contributed by atoms with Crippen molar-refractivity contribution in [2.75, 3.05) is 11.9 Å². The highest BCUT2D eigenvalue weighted by Crippen LogP contribution is 2.37. The Morgan fingerprint density at radius 3 is 2.56 bits per heavy atom. The van der Waals surface area contributed by atoms with Crippen molar-refractivity contribution >= 4 is 27.8 Å². The molecule has 0 aliphatic carbocycles. The number of aryl methyl sites for hydroxylation is 1. The van der Waals surface area contributed by atoms with Gasteiger partial charge in [0.2, 0.25) is 5.13 Å². The molecule has 0 amide bonds. The number of rotatable bonds is 5. The maximum atomic E-state index is 4.70. The van der Waals surface area contributed by atoms with E-state index in [0.717, 1.165) is 28.8 Å². The second-order valence-electron chi connectivity index (χ2n) is 4.27. The van der Waals surface area contributed by atoms with Crippen molar-refractivity contribution in [1.82, 2.24) is 15.2 Å². The summed E-state index contributed by atoms with van der Waals surface area (Å²) in [4.78, 5) is 5.88. The van der Waals surface area contributed by atoms with Crippen LogP contribution in [0.25, 0.3) is 9.88 Å². The standard InChI is InChI=1S/C12H18N4S2/c1-5-8-14-9(7(3)4)10(17-8)11-15-16-12(18-11)13-6-2/h7H,5-6H2,1-4H3,(H,13,16). The molecule has 2 heterocycles. The van der Waals surface area contributed by atoms with Crippen LogP contribution in [0.5, 0.6) is 0 Å². The maximum Gasteiger partial charge on any atom is 0.206 e. The normalized spacial score (nSPS) is 11.2. The van der Waals surface area contributed by atoms with Gasteiger partial charge in [-0.05, 0) is 19.3 Å². The van der Waals surface area contributed by atoms with Crippen molar-refractivity contribution in [2.24, 2.45) is 0 Å². The topological polar surface area (TPSA) is 50.7 Å². The van der Waals surface area contributed by atoms with Gasteiger partial charge in [-0.25, -0.2) is 4.98 Å². The molecule has 0 saturated heterocycles. The summed E-state index contributed by atoms with van der Waals surface area (Å²) < 4.78 is 0. The molecular weight excluding hydrogens is 264 g/mol. The maximum absolute atomic E-state index is 4.70. The van der Waals surface area contributed by atoms with Crippen LogP contribution in [-0.2, 0) is 6.42 Å². The highest BCUT2D eigenvalue weighted by atomic mass is 32.1. The summed E-state index contributed by atoms with van der Waals surface area (Å²) in [6.45, 7) is 9.41. The predicted octanol–water partition coefficient (Wildman–Crippen LogP) is 3.78. The van der Waals surface area contributed by atoms with E-state index in [-0.39, 0.29) is 0 Å². The Hall–Kier alpha value is -1.01. The molecule has 2 rings (SSSR count). The van der Waals surface area contributed by atoms with Gasteiger partial charge >= 0.3 is 0 Å². The molecule has 0 radical (unpaired) electrons. The average Bonchev–Trinajstić information content (AvgIpc) is 2.94. The van der Waals surface area contributed by atoms with Crippen molar-refractivity contribution in [3.63, 3.8) is 0 Å². The molecule has 1 N–H and O–H groups in total. The number of nitrogens with zero attached hydrogens (tertiary/aromatic N) is 3. The summed E-state index contributed by atoms with van der Waals surface area (Å²) in [5.41, 5.74) is 1.15. The Bertz CT molecular complexity index is 516. The lowest BCUT2D eigenvalue weighted by Gasteiger charge is -2.01. The zero-order valence-corrected chi connectivity index (χ0v) is 12.8. The fourth-order valence-corrected chi connectivity index (χ4v) is 3.66. The number of nitrogens with one attached hydrogen (secondary N) is 1. The van der Waals surface area contributed by atoms with Crippen LogP contribution in [0.4, 0.5) is 5.13 Å². The summed E-state index contributed by atoms with van der Waals surface area (Å²) in [5.74, 6) is 0.419. The van der Waals surface area contributed by atoms with E-state index < -0.39 is 0 Å². The van der Waals surface area contributed by atoms with E-state index in [2.05, 4.69) is 43.2 Å². The van der Waals surface area contributed by atoms with Gasteiger partial charge in [0.15, 0.2) is 5.01 Å². The van der Waals surface area contributed by atoms with Crippen LogP contribution >= 0.6 is 22.7 Å². The Morgan fingerprint density at radius 2 is 1.94 bits per heavy atom. The first-order chi connectivity index (χ1) is 8.65. The Kier molecular flexibility index (Phi) is 4.29. The molecule has 0 aliphatic heterocycles. The summed E-state index contributed by atoms with van der Waals surface area (Å²) >= 11 is 3.34. The second kappa shape index (κ2) is 5.75. The molecule has 2 aromatic rings.